The van der Waals surface area contributed by atoms with Crippen molar-refractivity contribution in [3.05, 3.63) is 33.8 Å². The highest BCUT2D eigenvalue weighted by molar-refractivity contribution is 9.10. The van der Waals surface area contributed by atoms with E-state index in [0.29, 0.717) is 12.8 Å². The third-order valence-corrected chi connectivity index (χ3v) is 5.83. The molecule has 1 atom stereocenters. The van der Waals surface area contributed by atoms with Crippen LogP contribution in [0, 0.1) is 6.92 Å². The Hall–Kier alpha value is -0.390. The van der Waals surface area contributed by atoms with E-state index < -0.39 is 15.9 Å². The van der Waals surface area contributed by atoms with Crippen LogP contribution in [0.1, 0.15) is 37.0 Å². The van der Waals surface area contributed by atoms with E-state index >= 15 is 0 Å². The maximum absolute atomic E-state index is 11.3. The first kappa shape index (κ1) is 15.7. The van der Waals surface area contributed by atoms with Crippen LogP contribution in [0.5, 0.6) is 0 Å². The van der Waals surface area contributed by atoms with Crippen LogP contribution in [0.2, 0.25) is 0 Å². The fourth-order valence-electron chi connectivity index (χ4n) is 1.72. The predicted octanol–water partition coefficient (Wildman–Crippen LogP) is 3.01. The number of sulfone groups is 1. The summed E-state index contributed by atoms with van der Waals surface area (Å²) >= 11 is 3.45. The number of halogens is 1. The van der Waals surface area contributed by atoms with Crippen LogP contribution in [0.15, 0.2) is 22.7 Å². The molecule has 0 fully saturated rings. The van der Waals surface area contributed by atoms with Crippen molar-refractivity contribution in [3.63, 3.8) is 0 Å². The molecule has 0 amide bonds. The molecular formula is C13H19BrO3S. The summed E-state index contributed by atoms with van der Waals surface area (Å²) in [5.41, 5.74) is 1.89. The van der Waals surface area contributed by atoms with E-state index in [9.17, 15) is 13.5 Å². The average Bonchev–Trinajstić information content (AvgIpc) is 2.32. The third-order valence-electron chi connectivity index (χ3n) is 2.95. The lowest BCUT2D eigenvalue weighted by atomic mass is 10.0. The van der Waals surface area contributed by atoms with Crippen LogP contribution in [-0.2, 0) is 9.84 Å². The fourth-order valence-corrected chi connectivity index (χ4v) is 3.15. The summed E-state index contributed by atoms with van der Waals surface area (Å²) in [6, 6.07) is 5.71. The molecule has 1 N–H and O–H groups in total. The number of hydrogen-bond acceptors (Lipinski definition) is 3. The highest BCUT2D eigenvalue weighted by Gasteiger charge is 2.14. The zero-order chi connectivity index (χ0) is 13.8. The van der Waals surface area contributed by atoms with Crippen LogP contribution < -0.4 is 0 Å². The molecule has 0 bridgehead atoms. The Balaban J connectivity index is 2.61. The van der Waals surface area contributed by atoms with Gasteiger partial charge < -0.3 is 5.11 Å². The second-order valence-corrected chi connectivity index (χ2v) is 7.64. The number of rotatable bonds is 6. The van der Waals surface area contributed by atoms with Crippen molar-refractivity contribution in [3.8, 4) is 0 Å². The van der Waals surface area contributed by atoms with Gasteiger partial charge in [0.1, 0.15) is 9.84 Å². The first-order chi connectivity index (χ1) is 8.37. The number of hydrogen-bond donors (Lipinski definition) is 1. The van der Waals surface area contributed by atoms with Crippen molar-refractivity contribution in [2.45, 2.75) is 32.8 Å². The maximum atomic E-state index is 11.3. The van der Waals surface area contributed by atoms with Crippen molar-refractivity contribution in [2.75, 3.05) is 11.5 Å². The van der Waals surface area contributed by atoms with Gasteiger partial charge in [0, 0.05) is 10.2 Å². The number of aliphatic hydroxyl groups excluding tert-OH is 1. The molecule has 1 unspecified atom stereocenters. The normalized spacial score (nSPS) is 13.6. The molecule has 0 heterocycles. The van der Waals surface area contributed by atoms with Gasteiger partial charge in [-0.15, -0.1) is 0 Å². The Morgan fingerprint density at radius 1 is 1.39 bits per heavy atom. The molecule has 0 spiro atoms. The number of benzene rings is 1. The summed E-state index contributed by atoms with van der Waals surface area (Å²) in [4.78, 5) is 0. The second kappa shape index (κ2) is 6.68. The Morgan fingerprint density at radius 3 is 2.67 bits per heavy atom. The van der Waals surface area contributed by atoms with Gasteiger partial charge in [-0.3, -0.25) is 0 Å². The Labute approximate surface area is 117 Å². The number of aliphatic hydroxyl groups is 1. The van der Waals surface area contributed by atoms with Crippen molar-refractivity contribution in [1.29, 1.82) is 0 Å². The van der Waals surface area contributed by atoms with E-state index in [1.54, 1.807) is 6.92 Å². The molecule has 0 aliphatic rings. The van der Waals surface area contributed by atoms with Crippen molar-refractivity contribution < 1.29 is 13.5 Å². The molecule has 102 valence electrons. The highest BCUT2D eigenvalue weighted by Crippen LogP contribution is 2.29. The van der Waals surface area contributed by atoms with E-state index in [-0.39, 0.29) is 11.5 Å². The molecule has 0 saturated carbocycles. The summed E-state index contributed by atoms with van der Waals surface area (Å²) in [5.74, 6) is 0.307. The quantitative estimate of drug-likeness (QED) is 0.869. The predicted molar refractivity (Wildman–Crippen MR) is 77.4 cm³/mol. The monoisotopic (exact) mass is 334 g/mol. The molecule has 0 saturated heterocycles. The SMILES string of the molecule is CCS(=O)(=O)CCCC(O)c1cccc(C)c1Br. The fraction of sp³-hybridized carbons (Fsp3) is 0.538. The second-order valence-electron chi connectivity index (χ2n) is 4.37. The molecule has 1 rings (SSSR count). The molecule has 5 heteroatoms. The summed E-state index contributed by atoms with van der Waals surface area (Å²) < 4.78 is 23.6. The van der Waals surface area contributed by atoms with E-state index in [0.717, 1.165) is 15.6 Å². The van der Waals surface area contributed by atoms with E-state index in [4.69, 9.17) is 0 Å². The maximum Gasteiger partial charge on any atom is 0.150 e. The Bertz CT molecular complexity index is 497. The molecule has 0 aliphatic heterocycles. The van der Waals surface area contributed by atoms with Crippen LogP contribution in [0.25, 0.3) is 0 Å². The Morgan fingerprint density at radius 2 is 2.06 bits per heavy atom. The smallest absolute Gasteiger partial charge is 0.150 e. The Kier molecular flexibility index (Phi) is 5.82. The van der Waals surface area contributed by atoms with Gasteiger partial charge >= 0.3 is 0 Å². The summed E-state index contributed by atoms with van der Waals surface area (Å²) in [5, 5.41) is 10.1. The van der Waals surface area contributed by atoms with Crippen molar-refractivity contribution in [2.24, 2.45) is 0 Å². The molecular weight excluding hydrogens is 316 g/mol. The van der Waals surface area contributed by atoms with Gasteiger partial charge in [0.2, 0.25) is 0 Å². The van der Waals surface area contributed by atoms with Gasteiger partial charge in [-0.2, -0.15) is 0 Å². The van der Waals surface area contributed by atoms with E-state index in [2.05, 4.69) is 15.9 Å². The van der Waals surface area contributed by atoms with Crippen LogP contribution in [0.4, 0.5) is 0 Å². The van der Waals surface area contributed by atoms with E-state index in [1.807, 2.05) is 25.1 Å². The van der Waals surface area contributed by atoms with Crippen LogP contribution >= 0.6 is 15.9 Å². The van der Waals surface area contributed by atoms with Crippen molar-refractivity contribution in [1.82, 2.24) is 0 Å². The zero-order valence-electron chi connectivity index (χ0n) is 10.7. The highest BCUT2D eigenvalue weighted by atomic mass is 79.9. The van der Waals surface area contributed by atoms with Crippen molar-refractivity contribution >= 4 is 25.8 Å². The van der Waals surface area contributed by atoms with Crippen LogP contribution in [-0.4, -0.2) is 25.0 Å². The largest absolute Gasteiger partial charge is 0.388 e. The summed E-state index contributed by atoms with van der Waals surface area (Å²) in [7, 11) is -2.94. The molecule has 1 aromatic carbocycles. The lowest BCUT2D eigenvalue weighted by Gasteiger charge is -2.14. The first-order valence-electron chi connectivity index (χ1n) is 6.01. The molecule has 1 aromatic rings. The van der Waals surface area contributed by atoms with Gasteiger partial charge in [-0.1, -0.05) is 41.1 Å². The third kappa shape index (κ3) is 4.37. The topological polar surface area (TPSA) is 54.4 Å². The molecule has 0 aliphatic carbocycles. The number of aryl methyl sites for hydroxylation is 1. The van der Waals surface area contributed by atoms with Gasteiger partial charge in [-0.25, -0.2) is 8.42 Å². The standard InChI is InChI=1S/C13H19BrO3S/c1-3-18(16,17)9-5-8-12(15)11-7-4-6-10(2)13(11)14/h4,6-7,12,15H,3,5,8-9H2,1-2H3. The first-order valence-corrected chi connectivity index (χ1v) is 8.62. The van der Waals surface area contributed by atoms with Gasteiger partial charge in [0.15, 0.2) is 0 Å². The average molecular weight is 335 g/mol. The van der Waals surface area contributed by atoms with Gasteiger partial charge in [0.25, 0.3) is 0 Å². The molecule has 3 nitrogen and oxygen atoms in total. The lowest BCUT2D eigenvalue weighted by molar-refractivity contribution is 0.166. The minimum Gasteiger partial charge on any atom is -0.388 e. The molecule has 0 radical (unpaired) electrons. The van der Waals surface area contributed by atoms with Crippen LogP contribution in [0.3, 0.4) is 0 Å². The molecule has 0 aromatic heterocycles. The lowest BCUT2D eigenvalue weighted by Crippen LogP contribution is -2.10. The molecule has 18 heavy (non-hydrogen) atoms. The van der Waals surface area contributed by atoms with Gasteiger partial charge in [0.05, 0.1) is 11.9 Å². The summed E-state index contributed by atoms with van der Waals surface area (Å²) in [6.07, 6.45) is 0.324. The minimum atomic E-state index is -2.94. The zero-order valence-corrected chi connectivity index (χ0v) is 13.1. The van der Waals surface area contributed by atoms with E-state index in [1.165, 1.54) is 0 Å². The summed E-state index contributed by atoms with van der Waals surface area (Å²) in [6.45, 7) is 3.60. The van der Waals surface area contributed by atoms with Gasteiger partial charge in [-0.05, 0) is 30.9 Å². The minimum absolute atomic E-state index is 0.143.